The first-order valence-corrected chi connectivity index (χ1v) is 8.01. The van der Waals surface area contributed by atoms with E-state index in [0.29, 0.717) is 6.04 Å². The minimum absolute atomic E-state index is 0.420. The number of hydrogen-bond acceptors (Lipinski definition) is 2. The van der Waals surface area contributed by atoms with Crippen LogP contribution in [0.15, 0.2) is 18.2 Å². The van der Waals surface area contributed by atoms with Crippen molar-refractivity contribution in [3.8, 4) is 5.75 Å². The predicted molar refractivity (Wildman–Crippen MR) is 85.3 cm³/mol. The van der Waals surface area contributed by atoms with E-state index in [1.807, 2.05) is 0 Å². The summed E-state index contributed by atoms with van der Waals surface area (Å²) in [6.45, 7) is 4.44. The fourth-order valence-corrected chi connectivity index (χ4v) is 3.65. The number of hydrogen-bond donors (Lipinski definition) is 1. The molecule has 1 N–H and O–H groups in total. The summed E-state index contributed by atoms with van der Waals surface area (Å²) in [7, 11) is 3.86. The lowest BCUT2D eigenvalue weighted by atomic mass is 9.76. The molecule has 1 aliphatic rings. The SMILES string of the molecule is CCC1CCC(C(NC)c2ccc(C)cc2OC)CC1. The van der Waals surface area contributed by atoms with Crippen LogP contribution in [-0.4, -0.2) is 14.2 Å². The Kier molecular flexibility index (Phi) is 5.47. The van der Waals surface area contributed by atoms with Crippen LogP contribution in [0.2, 0.25) is 0 Å². The van der Waals surface area contributed by atoms with Crippen molar-refractivity contribution in [2.75, 3.05) is 14.2 Å². The third-order valence-corrected chi connectivity index (χ3v) is 4.98. The van der Waals surface area contributed by atoms with Crippen molar-refractivity contribution in [2.24, 2.45) is 11.8 Å². The lowest BCUT2D eigenvalue weighted by Crippen LogP contribution is -2.29. The minimum Gasteiger partial charge on any atom is -0.496 e. The number of methoxy groups -OCH3 is 1. The summed E-state index contributed by atoms with van der Waals surface area (Å²) in [4.78, 5) is 0. The summed E-state index contributed by atoms with van der Waals surface area (Å²) in [6.07, 6.45) is 6.77. The molecule has 20 heavy (non-hydrogen) atoms. The van der Waals surface area contributed by atoms with E-state index in [-0.39, 0.29) is 0 Å². The van der Waals surface area contributed by atoms with E-state index in [1.165, 1.54) is 43.2 Å². The highest BCUT2D eigenvalue weighted by molar-refractivity contribution is 5.39. The molecule has 0 saturated heterocycles. The average Bonchev–Trinajstić information content (AvgIpc) is 2.50. The van der Waals surface area contributed by atoms with Crippen molar-refractivity contribution in [3.63, 3.8) is 0 Å². The first-order chi connectivity index (χ1) is 9.69. The molecule has 2 nitrogen and oxygen atoms in total. The lowest BCUT2D eigenvalue weighted by Gasteiger charge is -2.34. The molecule has 1 aromatic rings. The van der Waals surface area contributed by atoms with E-state index in [4.69, 9.17) is 4.74 Å². The van der Waals surface area contributed by atoms with Gasteiger partial charge in [-0.15, -0.1) is 0 Å². The average molecular weight is 275 g/mol. The summed E-state index contributed by atoms with van der Waals surface area (Å²) in [5.41, 5.74) is 2.58. The van der Waals surface area contributed by atoms with Gasteiger partial charge in [0.05, 0.1) is 7.11 Å². The zero-order valence-corrected chi connectivity index (χ0v) is 13.4. The van der Waals surface area contributed by atoms with Gasteiger partial charge in [-0.1, -0.05) is 38.3 Å². The molecule has 0 bridgehead atoms. The third kappa shape index (κ3) is 3.35. The largest absolute Gasteiger partial charge is 0.496 e. The molecule has 1 aromatic carbocycles. The van der Waals surface area contributed by atoms with Crippen molar-refractivity contribution in [1.82, 2.24) is 5.32 Å². The van der Waals surface area contributed by atoms with E-state index < -0.39 is 0 Å². The van der Waals surface area contributed by atoms with Crippen LogP contribution < -0.4 is 10.1 Å². The summed E-state index contributed by atoms with van der Waals surface area (Å²) < 4.78 is 5.60. The zero-order chi connectivity index (χ0) is 14.5. The van der Waals surface area contributed by atoms with Crippen LogP contribution in [0, 0.1) is 18.8 Å². The molecule has 1 unspecified atom stereocenters. The van der Waals surface area contributed by atoms with Gasteiger partial charge in [-0.25, -0.2) is 0 Å². The fourth-order valence-electron chi connectivity index (χ4n) is 3.65. The lowest BCUT2D eigenvalue weighted by molar-refractivity contribution is 0.221. The Labute approximate surface area is 123 Å². The van der Waals surface area contributed by atoms with Gasteiger partial charge in [-0.2, -0.15) is 0 Å². The van der Waals surface area contributed by atoms with Crippen molar-refractivity contribution in [2.45, 2.75) is 52.0 Å². The second-order valence-electron chi connectivity index (χ2n) is 6.20. The molecule has 2 heteroatoms. The Morgan fingerprint density at radius 3 is 2.50 bits per heavy atom. The van der Waals surface area contributed by atoms with Crippen LogP contribution >= 0.6 is 0 Å². The molecule has 1 atom stereocenters. The number of benzene rings is 1. The van der Waals surface area contributed by atoms with Crippen LogP contribution in [0.1, 0.15) is 56.2 Å². The molecule has 0 heterocycles. The van der Waals surface area contributed by atoms with Crippen molar-refractivity contribution >= 4 is 0 Å². The first-order valence-electron chi connectivity index (χ1n) is 8.01. The summed E-state index contributed by atoms with van der Waals surface area (Å²) in [5.74, 6) is 2.71. The number of aryl methyl sites for hydroxylation is 1. The molecule has 1 fully saturated rings. The van der Waals surface area contributed by atoms with Gasteiger partial charge < -0.3 is 10.1 Å². The number of rotatable bonds is 5. The summed E-state index contributed by atoms with van der Waals surface area (Å²) in [6, 6.07) is 7.00. The maximum Gasteiger partial charge on any atom is 0.123 e. The van der Waals surface area contributed by atoms with Crippen molar-refractivity contribution in [3.05, 3.63) is 29.3 Å². The first kappa shape index (κ1) is 15.4. The summed E-state index contributed by atoms with van der Waals surface area (Å²) >= 11 is 0. The quantitative estimate of drug-likeness (QED) is 0.855. The highest BCUT2D eigenvalue weighted by Gasteiger charge is 2.28. The van der Waals surface area contributed by atoms with E-state index in [9.17, 15) is 0 Å². The van der Waals surface area contributed by atoms with Crippen molar-refractivity contribution < 1.29 is 4.74 Å². The van der Waals surface area contributed by atoms with Gasteiger partial charge in [0.15, 0.2) is 0 Å². The Bertz CT molecular complexity index is 421. The normalized spacial score (nSPS) is 24.4. The molecule has 0 aliphatic heterocycles. The Morgan fingerprint density at radius 2 is 1.95 bits per heavy atom. The van der Waals surface area contributed by atoms with Crippen molar-refractivity contribution in [1.29, 1.82) is 0 Å². The second kappa shape index (κ2) is 7.12. The Balaban J connectivity index is 2.16. The number of nitrogens with one attached hydrogen (secondary N) is 1. The van der Waals surface area contributed by atoms with E-state index in [1.54, 1.807) is 7.11 Å². The molecule has 0 aromatic heterocycles. The maximum absolute atomic E-state index is 5.60. The topological polar surface area (TPSA) is 21.3 Å². The van der Waals surface area contributed by atoms with Crippen LogP contribution in [0.5, 0.6) is 5.75 Å². The zero-order valence-electron chi connectivity index (χ0n) is 13.4. The number of ether oxygens (including phenoxy) is 1. The highest BCUT2D eigenvalue weighted by Crippen LogP contribution is 2.40. The minimum atomic E-state index is 0.420. The van der Waals surface area contributed by atoms with Gasteiger partial charge in [0.25, 0.3) is 0 Å². The molecular weight excluding hydrogens is 246 g/mol. The smallest absolute Gasteiger partial charge is 0.123 e. The van der Waals surface area contributed by atoms with Gasteiger partial charge >= 0.3 is 0 Å². The van der Waals surface area contributed by atoms with Crippen LogP contribution in [0.4, 0.5) is 0 Å². The van der Waals surface area contributed by atoms with Gasteiger partial charge in [-0.05, 0) is 50.3 Å². The Hall–Kier alpha value is -1.02. The van der Waals surface area contributed by atoms with Crippen LogP contribution in [-0.2, 0) is 0 Å². The molecule has 0 spiro atoms. The van der Waals surface area contributed by atoms with E-state index in [0.717, 1.165) is 17.6 Å². The van der Waals surface area contributed by atoms with Gasteiger partial charge in [0.2, 0.25) is 0 Å². The molecule has 112 valence electrons. The van der Waals surface area contributed by atoms with Crippen LogP contribution in [0.3, 0.4) is 0 Å². The fraction of sp³-hybridized carbons (Fsp3) is 0.667. The predicted octanol–water partition coefficient (Wildman–Crippen LogP) is 4.48. The monoisotopic (exact) mass is 275 g/mol. The molecule has 0 radical (unpaired) electrons. The van der Waals surface area contributed by atoms with Gasteiger partial charge in [-0.3, -0.25) is 0 Å². The third-order valence-electron chi connectivity index (χ3n) is 4.98. The standard InChI is InChI=1S/C18H29NO/c1-5-14-7-9-15(10-8-14)18(19-3)16-11-6-13(2)12-17(16)20-4/h6,11-12,14-15,18-19H,5,7-10H2,1-4H3. The maximum atomic E-state index is 5.60. The van der Waals surface area contributed by atoms with E-state index >= 15 is 0 Å². The van der Waals surface area contributed by atoms with E-state index in [2.05, 4.69) is 44.4 Å². The molecule has 0 amide bonds. The Morgan fingerprint density at radius 1 is 1.25 bits per heavy atom. The molecular formula is C18H29NO. The molecule has 1 saturated carbocycles. The highest BCUT2D eigenvalue weighted by atomic mass is 16.5. The van der Waals surface area contributed by atoms with Crippen LogP contribution in [0.25, 0.3) is 0 Å². The summed E-state index contributed by atoms with van der Waals surface area (Å²) in [5, 5.41) is 3.54. The molecule has 1 aliphatic carbocycles. The second-order valence-corrected chi connectivity index (χ2v) is 6.20. The van der Waals surface area contributed by atoms with Gasteiger partial charge in [0, 0.05) is 11.6 Å². The van der Waals surface area contributed by atoms with Gasteiger partial charge in [0.1, 0.15) is 5.75 Å². The molecule has 2 rings (SSSR count).